The lowest BCUT2D eigenvalue weighted by Crippen LogP contribution is -2.08. The van der Waals surface area contributed by atoms with Crippen molar-refractivity contribution >= 4 is 16.9 Å². The summed E-state index contributed by atoms with van der Waals surface area (Å²) in [5.74, 6) is 0.289. The van der Waals surface area contributed by atoms with Crippen LogP contribution < -0.4 is 4.74 Å². The van der Waals surface area contributed by atoms with Crippen LogP contribution in [0.15, 0.2) is 59.0 Å². The van der Waals surface area contributed by atoms with Gasteiger partial charge in [0.1, 0.15) is 11.3 Å². The Hall–Kier alpha value is -2.55. The van der Waals surface area contributed by atoms with E-state index in [1.807, 2.05) is 49.4 Å². The van der Waals surface area contributed by atoms with Crippen LogP contribution >= 0.6 is 0 Å². The number of carbonyl (C=O) groups is 1. The second-order valence-electron chi connectivity index (χ2n) is 4.25. The second kappa shape index (κ2) is 4.61. The van der Waals surface area contributed by atoms with Crippen molar-refractivity contribution < 1.29 is 13.9 Å². The maximum Gasteiger partial charge on any atom is 0.379 e. The maximum absolute atomic E-state index is 12.1. The van der Waals surface area contributed by atoms with E-state index in [4.69, 9.17) is 9.15 Å². The highest BCUT2D eigenvalue weighted by Gasteiger charge is 2.19. The number of benzene rings is 2. The van der Waals surface area contributed by atoms with Crippen LogP contribution in [0.25, 0.3) is 11.0 Å². The van der Waals surface area contributed by atoms with Gasteiger partial charge in [-0.15, -0.1) is 0 Å². The molecule has 3 nitrogen and oxygen atoms in total. The van der Waals surface area contributed by atoms with E-state index in [0.717, 1.165) is 10.9 Å². The van der Waals surface area contributed by atoms with E-state index in [1.165, 1.54) is 0 Å². The summed E-state index contributed by atoms with van der Waals surface area (Å²) in [4.78, 5) is 12.1. The first-order chi connectivity index (χ1) is 9.25. The van der Waals surface area contributed by atoms with Crippen molar-refractivity contribution in [2.45, 2.75) is 6.92 Å². The zero-order chi connectivity index (χ0) is 13.2. The highest BCUT2D eigenvalue weighted by Crippen LogP contribution is 2.25. The van der Waals surface area contributed by atoms with Crippen molar-refractivity contribution in [3.63, 3.8) is 0 Å². The molecule has 0 spiro atoms. The molecule has 0 atom stereocenters. The molecule has 0 fully saturated rings. The summed E-state index contributed by atoms with van der Waals surface area (Å²) in [6.07, 6.45) is 0. The standard InChI is InChI=1S/C16H12O3/c1-11-13-9-5-6-10-14(13)19-15(11)16(17)18-12-7-3-2-4-8-12/h2-10H,1H3. The molecule has 3 heteroatoms. The highest BCUT2D eigenvalue weighted by atomic mass is 16.5. The third-order valence-corrected chi connectivity index (χ3v) is 2.98. The summed E-state index contributed by atoms with van der Waals surface area (Å²) in [6.45, 7) is 1.85. The number of esters is 1. The quantitative estimate of drug-likeness (QED) is 0.512. The molecule has 94 valence electrons. The van der Waals surface area contributed by atoms with Crippen LogP contribution in [0.3, 0.4) is 0 Å². The minimum absolute atomic E-state index is 0.255. The predicted molar refractivity (Wildman–Crippen MR) is 72.4 cm³/mol. The molecule has 0 aliphatic heterocycles. The van der Waals surface area contributed by atoms with Crippen molar-refractivity contribution in [3.8, 4) is 5.75 Å². The summed E-state index contributed by atoms with van der Waals surface area (Å²) in [5, 5.41) is 0.933. The monoisotopic (exact) mass is 252 g/mol. The molecule has 0 N–H and O–H groups in total. The molecule has 0 amide bonds. The number of aryl methyl sites for hydroxylation is 1. The Morgan fingerprint density at radius 3 is 2.42 bits per heavy atom. The zero-order valence-corrected chi connectivity index (χ0v) is 10.4. The molecule has 1 heterocycles. The Labute approximate surface area is 110 Å². The Bertz CT molecular complexity index is 726. The topological polar surface area (TPSA) is 39.4 Å². The zero-order valence-electron chi connectivity index (χ0n) is 10.4. The molecule has 0 unspecified atom stereocenters. The van der Waals surface area contributed by atoms with E-state index in [1.54, 1.807) is 12.1 Å². The molecule has 0 radical (unpaired) electrons. The van der Waals surface area contributed by atoms with Gasteiger partial charge in [0, 0.05) is 10.9 Å². The van der Waals surface area contributed by atoms with Gasteiger partial charge in [-0.2, -0.15) is 0 Å². The molecule has 3 aromatic rings. The van der Waals surface area contributed by atoms with Gasteiger partial charge in [0.2, 0.25) is 5.76 Å². The average Bonchev–Trinajstić information content (AvgIpc) is 2.78. The maximum atomic E-state index is 12.1. The smallest absolute Gasteiger partial charge is 0.379 e. The SMILES string of the molecule is Cc1c(C(=O)Oc2ccccc2)oc2ccccc12. The van der Waals surface area contributed by atoms with Crippen LogP contribution in [0.2, 0.25) is 0 Å². The first-order valence-corrected chi connectivity index (χ1v) is 6.01. The molecule has 0 aliphatic carbocycles. The molecule has 19 heavy (non-hydrogen) atoms. The van der Waals surface area contributed by atoms with Crippen LogP contribution in [0.5, 0.6) is 5.75 Å². The molecule has 3 rings (SSSR count). The van der Waals surface area contributed by atoms with Gasteiger partial charge in [0.15, 0.2) is 0 Å². The number of rotatable bonds is 2. The number of fused-ring (bicyclic) bond motifs is 1. The Kier molecular flexibility index (Phi) is 2.80. The van der Waals surface area contributed by atoms with Crippen LogP contribution in [-0.2, 0) is 0 Å². The first kappa shape index (κ1) is 11.5. The van der Waals surface area contributed by atoms with E-state index in [9.17, 15) is 4.79 Å². The number of hydrogen-bond donors (Lipinski definition) is 0. The van der Waals surface area contributed by atoms with Gasteiger partial charge in [-0.25, -0.2) is 4.79 Å². The molecule has 0 saturated heterocycles. The van der Waals surface area contributed by atoms with E-state index >= 15 is 0 Å². The van der Waals surface area contributed by atoms with Crippen molar-refractivity contribution in [1.29, 1.82) is 0 Å². The number of para-hydroxylation sites is 2. The summed E-state index contributed by atoms with van der Waals surface area (Å²) in [7, 11) is 0. The van der Waals surface area contributed by atoms with Crippen LogP contribution in [0.1, 0.15) is 16.1 Å². The molecule has 2 aromatic carbocycles. The second-order valence-corrected chi connectivity index (χ2v) is 4.25. The number of carbonyl (C=O) groups excluding carboxylic acids is 1. The minimum Gasteiger partial charge on any atom is -0.449 e. The van der Waals surface area contributed by atoms with Crippen molar-refractivity contribution in [3.05, 3.63) is 65.9 Å². The van der Waals surface area contributed by atoms with Gasteiger partial charge < -0.3 is 9.15 Å². The van der Waals surface area contributed by atoms with Crippen molar-refractivity contribution in [1.82, 2.24) is 0 Å². The lowest BCUT2D eigenvalue weighted by molar-refractivity contribution is 0.0703. The number of furan rings is 1. The van der Waals surface area contributed by atoms with E-state index in [2.05, 4.69) is 0 Å². The fourth-order valence-corrected chi connectivity index (χ4v) is 2.01. The van der Waals surface area contributed by atoms with Gasteiger partial charge in [-0.05, 0) is 25.1 Å². The largest absolute Gasteiger partial charge is 0.449 e. The molecular formula is C16H12O3. The Morgan fingerprint density at radius 2 is 1.68 bits per heavy atom. The average molecular weight is 252 g/mol. The first-order valence-electron chi connectivity index (χ1n) is 6.01. The van der Waals surface area contributed by atoms with E-state index in [0.29, 0.717) is 11.3 Å². The lowest BCUT2D eigenvalue weighted by Gasteiger charge is -2.01. The van der Waals surface area contributed by atoms with Crippen LogP contribution in [0.4, 0.5) is 0 Å². The summed E-state index contributed by atoms with van der Waals surface area (Å²) >= 11 is 0. The summed E-state index contributed by atoms with van der Waals surface area (Å²) < 4.78 is 10.8. The fourth-order valence-electron chi connectivity index (χ4n) is 2.01. The number of hydrogen-bond acceptors (Lipinski definition) is 3. The Balaban J connectivity index is 1.96. The van der Waals surface area contributed by atoms with Crippen molar-refractivity contribution in [2.24, 2.45) is 0 Å². The normalized spacial score (nSPS) is 10.6. The predicted octanol–water partition coefficient (Wildman–Crippen LogP) is 3.96. The van der Waals surface area contributed by atoms with Crippen LogP contribution in [-0.4, -0.2) is 5.97 Å². The minimum atomic E-state index is -0.472. The molecule has 1 aromatic heterocycles. The molecular weight excluding hydrogens is 240 g/mol. The summed E-state index contributed by atoms with van der Waals surface area (Å²) in [6, 6.07) is 16.5. The van der Waals surface area contributed by atoms with Gasteiger partial charge in [-0.1, -0.05) is 36.4 Å². The van der Waals surface area contributed by atoms with E-state index < -0.39 is 5.97 Å². The lowest BCUT2D eigenvalue weighted by atomic mass is 10.1. The van der Waals surface area contributed by atoms with Gasteiger partial charge >= 0.3 is 5.97 Å². The van der Waals surface area contributed by atoms with E-state index in [-0.39, 0.29) is 5.76 Å². The van der Waals surface area contributed by atoms with Gasteiger partial charge in [0.25, 0.3) is 0 Å². The highest BCUT2D eigenvalue weighted by molar-refractivity contribution is 5.96. The molecule has 0 saturated carbocycles. The molecule has 0 aliphatic rings. The molecule has 0 bridgehead atoms. The fraction of sp³-hybridized carbons (Fsp3) is 0.0625. The van der Waals surface area contributed by atoms with Gasteiger partial charge in [0.05, 0.1) is 0 Å². The summed E-state index contributed by atoms with van der Waals surface area (Å²) in [5.41, 5.74) is 1.50. The third kappa shape index (κ3) is 2.10. The number of ether oxygens (including phenoxy) is 1. The third-order valence-electron chi connectivity index (χ3n) is 2.98. The van der Waals surface area contributed by atoms with Gasteiger partial charge in [-0.3, -0.25) is 0 Å². The Morgan fingerprint density at radius 1 is 1.00 bits per heavy atom. The van der Waals surface area contributed by atoms with Crippen LogP contribution in [0, 0.1) is 6.92 Å². The van der Waals surface area contributed by atoms with Crippen molar-refractivity contribution in [2.75, 3.05) is 0 Å².